The molecule has 0 saturated heterocycles. The first-order valence-electron chi connectivity index (χ1n) is 5.28. The molecule has 2 nitrogen and oxygen atoms in total. The molecule has 0 heterocycles. The highest BCUT2D eigenvalue weighted by Crippen LogP contribution is 2.20. The Labute approximate surface area is 91.3 Å². The Hall–Kier alpha value is -1.31. The predicted octanol–water partition coefficient (Wildman–Crippen LogP) is 3.05. The van der Waals surface area contributed by atoms with Crippen LogP contribution in [0.25, 0.3) is 0 Å². The van der Waals surface area contributed by atoms with Gasteiger partial charge in [-0.1, -0.05) is 24.3 Å². The Morgan fingerprint density at radius 1 is 1.20 bits per heavy atom. The average Bonchev–Trinajstić information content (AvgIpc) is 2.16. The fourth-order valence-electron chi connectivity index (χ4n) is 1.53. The summed E-state index contributed by atoms with van der Waals surface area (Å²) in [5.74, 6) is -0.340. The standard InChI is InChI=1S/C13H18O2/c1-9(2)15-13(14)11(4)12-8-6-5-7-10(12)3/h5-9,11H,1-4H3. The van der Waals surface area contributed by atoms with Gasteiger partial charge in [0, 0.05) is 0 Å². The third-order valence-electron chi connectivity index (χ3n) is 2.36. The van der Waals surface area contributed by atoms with Crippen molar-refractivity contribution in [1.82, 2.24) is 0 Å². The first-order chi connectivity index (χ1) is 7.02. The third kappa shape index (κ3) is 3.08. The van der Waals surface area contributed by atoms with Gasteiger partial charge in [-0.05, 0) is 38.8 Å². The molecule has 15 heavy (non-hydrogen) atoms. The van der Waals surface area contributed by atoms with Crippen molar-refractivity contribution in [3.05, 3.63) is 35.4 Å². The van der Waals surface area contributed by atoms with Crippen LogP contribution in [0.15, 0.2) is 24.3 Å². The Morgan fingerprint density at radius 2 is 1.80 bits per heavy atom. The fourth-order valence-corrected chi connectivity index (χ4v) is 1.53. The minimum Gasteiger partial charge on any atom is -0.463 e. The van der Waals surface area contributed by atoms with Crippen molar-refractivity contribution in [3.8, 4) is 0 Å². The van der Waals surface area contributed by atoms with Gasteiger partial charge in [0.15, 0.2) is 0 Å². The normalized spacial score (nSPS) is 12.6. The lowest BCUT2D eigenvalue weighted by Gasteiger charge is -2.15. The van der Waals surface area contributed by atoms with Crippen molar-refractivity contribution in [2.75, 3.05) is 0 Å². The molecule has 82 valence electrons. The van der Waals surface area contributed by atoms with Crippen LogP contribution in [-0.4, -0.2) is 12.1 Å². The maximum Gasteiger partial charge on any atom is 0.313 e. The smallest absolute Gasteiger partial charge is 0.313 e. The molecule has 0 aliphatic rings. The van der Waals surface area contributed by atoms with Crippen LogP contribution in [-0.2, 0) is 9.53 Å². The molecule has 0 amide bonds. The summed E-state index contributed by atoms with van der Waals surface area (Å²) in [6.45, 7) is 7.62. The minimum atomic E-state index is -0.186. The predicted molar refractivity (Wildman–Crippen MR) is 60.8 cm³/mol. The number of ether oxygens (including phenoxy) is 1. The van der Waals surface area contributed by atoms with Crippen LogP contribution in [0.5, 0.6) is 0 Å². The van der Waals surface area contributed by atoms with Crippen LogP contribution in [0.3, 0.4) is 0 Å². The number of esters is 1. The maximum absolute atomic E-state index is 11.7. The van der Waals surface area contributed by atoms with Gasteiger partial charge in [0.2, 0.25) is 0 Å². The van der Waals surface area contributed by atoms with E-state index in [0.717, 1.165) is 11.1 Å². The molecule has 1 aromatic rings. The molecule has 2 heteroatoms. The molecule has 0 spiro atoms. The van der Waals surface area contributed by atoms with Crippen molar-refractivity contribution in [1.29, 1.82) is 0 Å². The number of benzene rings is 1. The zero-order valence-corrected chi connectivity index (χ0v) is 9.78. The average molecular weight is 206 g/mol. The first-order valence-corrected chi connectivity index (χ1v) is 5.28. The van der Waals surface area contributed by atoms with Gasteiger partial charge in [0.25, 0.3) is 0 Å². The lowest BCUT2D eigenvalue weighted by Crippen LogP contribution is -2.18. The minimum absolute atomic E-state index is 0.0519. The van der Waals surface area contributed by atoms with Crippen LogP contribution >= 0.6 is 0 Å². The van der Waals surface area contributed by atoms with E-state index in [9.17, 15) is 4.79 Å². The Kier molecular flexibility index (Phi) is 3.89. The zero-order chi connectivity index (χ0) is 11.4. The summed E-state index contributed by atoms with van der Waals surface area (Å²) in [5.41, 5.74) is 2.17. The monoisotopic (exact) mass is 206 g/mol. The van der Waals surface area contributed by atoms with E-state index in [4.69, 9.17) is 4.74 Å². The van der Waals surface area contributed by atoms with Crippen molar-refractivity contribution < 1.29 is 9.53 Å². The molecule has 0 saturated carbocycles. The maximum atomic E-state index is 11.7. The van der Waals surface area contributed by atoms with Crippen molar-refractivity contribution in [2.24, 2.45) is 0 Å². The fraction of sp³-hybridized carbons (Fsp3) is 0.462. The number of rotatable bonds is 3. The molecule has 1 unspecified atom stereocenters. The van der Waals surface area contributed by atoms with Gasteiger partial charge in [0.05, 0.1) is 12.0 Å². The molecular formula is C13H18O2. The van der Waals surface area contributed by atoms with Gasteiger partial charge in [0.1, 0.15) is 0 Å². The summed E-state index contributed by atoms with van der Waals surface area (Å²) < 4.78 is 5.18. The summed E-state index contributed by atoms with van der Waals surface area (Å²) in [4.78, 5) is 11.7. The number of hydrogen-bond acceptors (Lipinski definition) is 2. The van der Waals surface area contributed by atoms with Crippen molar-refractivity contribution in [2.45, 2.75) is 39.7 Å². The second kappa shape index (κ2) is 4.96. The molecule has 0 radical (unpaired) electrons. The third-order valence-corrected chi connectivity index (χ3v) is 2.36. The molecule has 0 fully saturated rings. The zero-order valence-electron chi connectivity index (χ0n) is 9.78. The van der Waals surface area contributed by atoms with E-state index < -0.39 is 0 Å². The number of carbonyl (C=O) groups is 1. The van der Waals surface area contributed by atoms with Gasteiger partial charge < -0.3 is 4.74 Å². The Bertz CT molecular complexity index is 342. The summed E-state index contributed by atoms with van der Waals surface area (Å²) in [5, 5.41) is 0. The highest BCUT2D eigenvalue weighted by molar-refractivity contribution is 5.78. The number of aryl methyl sites for hydroxylation is 1. The van der Waals surface area contributed by atoms with E-state index in [2.05, 4.69) is 0 Å². The summed E-state index contributed by atoms with van der Waals surface area (Å²) in [7, 11) is 0. The SMILES string of the molecule is Cc1ccccc1C(C)C(=O)OC(C)C. The molecule has 0 bridgehead atoms. The summed E-state index contributed by atoms with van der Waals surface area (Å²) in [6, 6.07) is 7.90. The first kappa shape index (κ1) is 11.8. The van der Waals surface area contributed by atoms with E-state index in [1.165, 1.54) is 0 Å². The lowest BCUT2D eigenvalue weighted by atomic mass is 9.97. The number of hydrogen-bond donors (Lipinski definition) is 0. The molecule has 0 aliphatic carbocycles. The molecule has 0 aliphatic heterocycles. The summed E-state index contributed by atoms with van der Waals surface area (Å²) >= 11 is 0. The van der Waals surface area contributed by atoms with Gasteiger partial charge in [-0.15, -0.1) is 0 Å². The van der Waals surface area contributed by atoms with Crippen molar-refractivity contribution >= 4 is 5.97 Å². The second-order valence-electron chi connectivity index (χ2n) is 4.06. The van der Waals surface area contributed by atoms with Gasteiger partial charge in [-0.3, -0.25) is 4.79 Å². The van der Waals surface area contributed by atoms with E-state index in [0.29, 0.717) is 0 Å². The topological polar surface area (TPSA) is 26.3 Å². The largest absolute Gasteiger partial charge is 0.463 e. The second-order valence-corrected chi connectivity index (χ2v) is 4.06. The molecule has 1 atom stereocenters. The van der Waals surface area contributed by atoms with Crippen LogP contribution in [0, 0.1) is 6.92 Å². The van der Waals surface area contributed by atoms with Crippen LogP contribution < -0.4 is 0 Å². The van der Waals surface area contributed by atoms with Gasteiger partial charge in [-0.25, -0.2) is 0 Å². The van der Waals surface area contributed by atoms with Crippen LogP contribution in [0.1, 0.15) is 37.8 Å². The van der Waals surface area contributed by atoms with E-state index in [1.54, 1.807) is 0 Å². The number of carbonyl (C=O) groups excluding carboxylic acids is 1. The van der Waals surface area contributed by atoms with E-state index in [1.807, 2.05) is 52.0 Å². The van der Waals surface area contributed by atoms with Crippen LogP contribution in [0.2, 0.25) is 0 Å². The summed E-state index contributed by atoms with van der Waals surface area (Å²) in [6.07, 6.45) is -0.0519. The highest BCUT2D eigenvalue weighted by atomic mass is 16.5. The molecule has 1 aromatic carbocycles. The molecule has 0 N–H and O–H groups in total. The van der Waals surface area contributed by atoms with E-state index >= 15 is 0 Å². The quantitative estimate of drug-likeness (QED) is 0.710. The Balaban J connectivity index is 2.81. The van der Waals surface area contributed by atoms with E-state index in [-0.39, 0.29) is 18.0 Å². The molecular weight excluding hydrogens is 188 g/mol. The van der Waals surface area contributed by atoms with Gasteiger partial charge >= 0.3 is 5.97 Å². The van der Waals surface area contributed by atoms with Gasteiger partial charge in [-0.2, -0.15) is 0 Å². The highest BCUT2D eigenvalue weighted by Gasteiger charge is 2.18. The van der Waals surface area contributed by atoms with Crippen LogP contribution in [0.4, 0.5) is 0 Å². The Morgan fingerprint density at radius 3 is 2.33 bits per heavy atom. The van der Waals surface area contributed by atoms with Crippen molar-refractivity contribution in [3.63, 3.8) is 0 Å². The molecule has 1 rings (SSSR count). The molecule has 0 aromatic heterocycles. The lowest BCUT2D eigenvalue weighted by molar-refractivity contribution is -0.148.